The highest BCUT2D eigenvalue weighted by Gasteiger charge is 2.22. The minimum Gasteiger partial charge on any atom is -0.356 e. The number of nitriles is 1. The van der Waals surface area contributed by atoms with Crippen molar-refractivity contribution in [2.75, 3.05) is 24.5 Å². The van der Waals surface area contributed by atoms with Crippen LogP contribution in [-0.4, -0.2) is 30.5 Å². The summed E-state index contributed by atoms with van der Waals surface area (Å²) in [6, 6.07) is 7.63. The molecule has 5 nitrogen and oxygen atoms in total. The summed E-state index contributed by atoms with van der Waals surface area (Å²) in [4.78, 5) is 18.5. The number of nitrogens with one attached hydrogen (secondary N) is 1. The Morgan fingerprint density at radius 1 is 1.43 bits per heavy atom. The predicted molar refractivity (Wildman–Crippen MR) is 90.5 cm³/mol. The fourth-order valence-corrected chi connectivity index (χ4v) is 3.45. The summed E-state index contributed by atoms with van der Waals surface area (Å²) in [5.74, 6) is 1.25. The SMILES string of the molecule is N#Cc1cccnc1N1CCC(CNC(=O)c2ccsc2)CC1. The van der Waals surface area contributed by atoms with E-state index in [0.717, 1.165) is 37.3 Å². The van der Waals surface area contributed by atoms with Gasteiger partial charge >= 0.3 is 0 Å². The summed E-state index contributed by atoms with van der Waals surface area (Å²) in [6.45, 7) is 2.44. The molecule has 2 aromatic rings. The average Bonchev–Trinajstić information content (AvgIpc) is 3.15. The molecule has 3 heterocycles. The van der Waals surface area contributed by atoms with E-state index in [4.69, 9.17) is 0 Å². The second kappa shape index (κ2) is 7.25. The van der Waals surface area contributed by atoms with Gasteiger partial charge in [0.15, 0.2) is 0 Å². The van der Waals surface area contributed by atoms with Crippen LogP contribution in [0.15, 0.2) is 35.2 Å². The molecule has 0 saturated carbocycles. The number of piperidine rings is 1. The van der Waals surface area contributed by atoms with Gasteiger partial charge in [-0.3, -0.25) is 4.79 Å². The predicted octanol–water partition coefficient (Wildman–Crippen LogP) is 2.66. The van der Waals surface area contributed by atoms with Gasteiger partial charge in [0.25, 0.3) is 5.91 Å². The summed E-state index contributed by atoms with van der Waals surface area (Å²) >= 11 is 1.53. The number of carbonyl (C=O) groups excluding carboxylic acids is 1. The van der Waals surface area contributed by atoms with Gasteiger partial charge < -0.3 is 10.2 Å². The Morgan fingerprint density at radius 2 is 2.26 bits per heavy atom. The Bertz CT molecular complexity index is 700. The second-order valence-electron chi connectivity index (χ2n) is 5.64. The van der Waals surface area contributed by atoms with Gasteiger partial charge in [0, 0.05) is 36.8 Å². The second-order valence-corrected chi connectivity index (χ2v) is 6.42. The fourth-order valence-electron chi connectivity index (χ4n) is 2.82. The topological polar surface area (TPSA) is 69.0 Å². The van der Waals surface area contributed by atoms with E-state index in [2.05, 4.69) is 21.3 Å². The van der Waals surface area contributed by atoms with Gasteiger partial charge in [-0.05, 0) is 42.3 Å². The lowest BCUT2D eigenvalue weighted by Gasteiger charge is -2.33. The first-order valence-corrected chi connectivity index (χ1v) is 8.62. The largest absolute Gasteiger partial charge is 0.356 e. The fraction of sp³-hybridized carbons (Fsp3) is 0.353. The molecule has 1 fully saturated rings. The zero-order chi connectivity index (χ0) is 16.1. The Labute approximate surface area is 139 Å². The molecule has 0 unspecified atom stereocenters. The van der Waals surface area contributed by atoms with E-state index in [-0.39, 0.29) is 5.91 Å². The highest BCUT2D eigenvalue weighted by molar-refractivity contribution is 7.08. The Balaban J connectivity index is 1.51. The number of rotatable bonds is 4. The molecule has 1 aliphatic heterocycles. The Kier molecular flexibility index (Phi) is 4.89. The van der Waals surface area contributed by atoms with Crippen molar-refractivity contribution in [1.82, 2.24) is 10.3 Å². The number of aromatic nitrogens is 1. The third-order valence-electron chi connectivity index (χ3n) is 4.16. The number of hydrogen-bond donors (Lipinski definition) is 1. The van der Waals surface area contributed by atoms with Crippen LogP contribution in [0, 0.1) is 17.2 Å². The summed E-state index contributed by atoms with van der Waals surface area (Å²) < 4.78 is 0. The van der Waals surface area contributed by atoms with Gasteiger partial charge in [-0.1, -0.05) is 0 Å². The van der Waals surface area contributed by atoms with Crippen molar-refractivity contribution in [3.63, 3.8) is 0 Å². The molecule has 0 aliphatic carbocycles. The van der Waals surface area contributed by atoms with Gasteiger partial charge in [0.2, 0.25) is 0 Å². The molecule has 3 rings (SSSR count). The average molecular weight is 326 g/mol. The molecular formula is C17H18N4OS. The monoisotopic (exact) mass is 326 g/mol. The van der Waals surface area contributed by atoms with Crippen LogP contribution in [0.3, 0.4) is 0 Å². The van der Waals surface area contributed by atoms with Crippen LogP contribution in [0.4, 0.5) is 5.82 Å². The van der Waals surface area contributed by atoms with E-state index in [9.17, 15) is 10.1 Å². The van der Waals surface area contributed by atoms with Crippen molar-refractivity contribution in [3.05, 3.63) is 46.3 Å². The maximum atomic E-state index is 12.0. The molecular weight excluding hydrogens is 308 g/mol. The molecule has 1 saturated heterocycles. The molecule has 118 valence electrons. The molecule has 0 spiro atoms. The van der Waals surface area contributed by atoms with Crippen molar-refractivity contribution < 1.29 is 4.79 Å². The maximum absolute atomic E-state index is 12.0. The quantitative estimate of drug-likeness (QED) is 0.938. The van der Waals surface area contributed by atoms with Gasteiger partial charge in [-0.2, -0.15) is 16.6 Å². The van der Waals surface area contributed by atoms with Crippen LogP contribution in [0.5, 0.6) is 0 Å². The zero-order valence-electron chi connectivity index (χ0n) is 12.7. The summed E-state index contributed by atoms with van der Waals surface area (Å²) in [6.07, 6.45) is 3.71. The molecule has 1 aliphatic rings. The number of anilines is 1. The number of thiophene rings is 1. The van der Waals surface area contributed by atoms with Crippen LogP contribution in [0.1, 0.15) is 28.8 Å². The number of pyridine rings is 1. The smallest absolute Gasteiger partial charge is 0.252 e. The minimum atomic E-state index is 0.00479. The number of carbonyl (C=O) groups is 1. The Morgan fingerprint density at radius 3 is 2.96 bits per heavy atom. The highest BCUT2D eigenvalue weighted by Crippen LogP contribution is 2.23. The van der Waals surface area contributed by atoms with Crippen LogP contribution in [-0.2, 0) is 0 Å². The summed E-state index contributed by atoms with van der Waals surface area (Å²) in [5, 5.41) is 16.0. The molecule has 1 amide bonds. The molecule has 0 radical (unpaired) electrons. The third kappa shape index (κ3) is 3.69. The molecule has 0 atom stereocenters. The molecule has 6 heteroatoms. The zero-order valence-corrected chi connectivity index (χ0v) is 13.6. The van der Waals surface area contributed by atoms with E-state index in [1.54, 1.807) is 18.3 Å². The van der Waals surface area contributed by atoms with Gasteiger partial charge in [-0.15, -0.1) is 0 Å². The van der Waals surface area contributed by atoms with Crippen molar-refractivity contribution in [3.8, 4) is 6.07 Å². The van der Waals surface area contributed by atoms with Crippen LogP contribution >= 0.6 is 11.3 Å². The van der Waals surface area contributed by atoms with Crippen molar-refractivity contribution >= 4 is 23.1 Å². The van der Waals surface area contributed by atoms with Gasteiger partial charge in [-0.25, -0.2) is 4.98 Å². The van der Waals surface area contributed by atoms with Gasteiger partial charge in [0.05, 0.1) is 5.56 Å². The first-order chi connectivity index (χ1) is 11.3. The summed E-state index contributed by atoms with van der Waals surface area (Å²) in [5.41, 5.74) is 1.36. The standard InChI is InChI=1S/C17H18N4OS/c18-10-14-2-1-6-19-16(14)21-7-3-13(4-8-21)11-20-17(22)15-5-9-23-12-15/h1-2,5-6,9,12-13H,3-4,7-8,11H2,(H,20,22). The lowest BCUT2D eigenvalue weighted by atomic mass is 9.96. The maximum Gasteiger partial charge on any atom is 0.252 e. The molecule has 0 aromatic carbocycles. The summed E-state index contributed by atoms with van der Waals surface area (Å²) in [7, 11) is 0. The van der Waals surface area contributed by atoms with Crippen LogP contribution in [0.25, 0.3) is 0 Å². The van der Waals surface area contributed by atoms with Crippen LogP contribution < -0.4 is 10.2 Å². The Hall–Kier alpha value is -2.39. The molecule has 2 aromatic heterocycles. The van der Waals surface area contributed by atoms with E-state index in [1.165, 1.54) is 11.3 Å². The molecule has 23 heavy (non-hydrogen) atoms. The third-order valence-corrected chi connectivity index (χ3v) is 4.84. The minimum absolute atomic E-state index is 0.00479. The normalized spacial score (nSPS) is 15.2. The van der Waals surface area contributed by atoms with Crippen LogP contribution in [0.2, 0.25) is 0 Å². The molecule has 0 bridgehead atoms. The number of hydrogen-bond acceptors (Lipinski definition) is 5. The number of amides is 1. The lowest BCUT2D eigenvalue weighted by molar-refractivity contribution is 0.0945. The van der Waals surface area contributed by atoms with E-state index >= 15 is 0 Å². The van der Waals surface area contributed by atoms with Gasteiger partial charge in [0.1, 0.15) is 11.9 Å². The number of nitrogens with zero attached hydrogens (tertiary/aromatic N) is 3. The van der Waals surface area contributed by atoms with Crippen molar-refractivity contribution in [2.45, 2.75) is 12.8 Å². The first kappa shape index (κ1) is 15.5. The first-order valence-electron chi connectivity index (χ1n) is 7.68. The van der Waals surface area contributed by atoms with E-state index in [0.29, 0.717) is 18.0 Å². The molecule has 1 N–H and O–H groups in total. The van der Waals surface area contributed by atoms with E-state index in [1.807, 2.05) is 16.8 Å². The van der Waals surface area contributed by atoms with E-state index < -0.39 is 0 Å². The highest BCUT2D eigenvalue weighted by atomic mass is 32.1. The lowest BCUT2D eigenvalue weighted by Crippen LogP contribution is -2.39. The van der Waals surface area contributed by atoms with Crippen molar-refractivity contribution in [1.29, 1.82) is 5.26 Å². The van der Waals surface area contributed by atoms with Crippen molar-refractivity contribution in [2.24, 2.45) is 5.92 Å².